The number of benzene rings is 1. The Morgan fingerprint density at radius 2 is 2.31 bits per heavy atom. The normalized spacial score (nSPS) is 17.4. The van der Waals surface area contributed by atoms with Gasteiger partial charge >= 0.3 is 0 Å². The van der Waals surface area contributed by atoms with Crippen LogP contribution in [0, 0.1) is 5.92 Å². The molecule has 3 aromatic rings. The van der Waals surface area contributed by atoms with Gasteiger partial charge in [0.1, 0.15) is 10.7 Å². The number of thiazole rings is 1. The van der Waals surface area contributed by atoms with Crippen LogP contribution in [0.25, 0.3) is 10.6 Å². The fraction of sp³-hybridized carbons (Fsp3) is 0.333. The monoisotopic (exact) mass is 387 g/mol. The van der Waals surface area contributed by atoms with E-state index in [4.69, 9.17) is 11.6 Å². The first kappa shape index (κ1) is 17.2. The lowest BCUT2D eigenvalue weighted by Gasteiger charge is -2.32. The molecule has 1 saturated heterocycles. The summed E-state index contributed by atoms with van der Waals surface area (Å²) < 4.78 is 1.83. The molecule has 1 amide bonds. The molecule has 1 unspecified atom stereocenters. The van der Waals surface area contributed by atoms with Crippen molar-refractivity contribution in [3.63, 3.8) is 0 Å². The second kappa shape index (κ2) is 7.55. The summed E-state index contributed by atoms with van der Waals surface area (Å²) in [5.74, 6) is 0.387. The summed E-state index contributed by atoms with van der Waals surface area (Å²) in [4.78, 5) is 19.3. The van der Waals surface area contributed by atoms with Crippen LogP contribution in [-0.4, -0.2) is 43.9 Å². The largest absolute Gasteiger partial charge is 0.337 e. The zero-order valence-corrected chi connectivity index (χ0v) is 15.7. The summed E-state index contributed by atoms with van der Waals surface area (Å²) in [5.41, 5.74) is 1.44. The zero-order valence-electron chi connectivity index (χ0n) is 14.1. The van der Waals surface area contributed by atoms with Crippen LogP contribution in [0.2, 0.25) is 5.02 Å². The molecular formula is C18H18ClN5OS. The van der Waals surface area contributed by atoms with Crippen molar-refractivity contribution in [1.29, 1.82) is 0 Å². The minimum absolute atomic E-state index is 0.00202. The Balaban J connectivity index is 1.45. The van der Waals surface area contributed by atoms with Gasteiger partial charge in [-0.3, -0.25) is 9.48 Å². The first-order chi connectivity index (χ1) is 12.7. The Kier molecular flexibility index (Phi) is 4.99. The lowest BCUT2D eigenvalue weighted by Crippen LogP contribution is -2.41. The number of halogens is 1. The van der Waals surface area contributed by atoms with Gasteiger partial charge in [-0.05, 0) is 30.9 Å². The van der Waals surface area contributed by atoms with Crippen LogP contribution in [0.15, 0.2) is 42.0 Å². The van der Waals surface area contributed by atoms with E-state index >= 15 is 0 Å². The van der Waals surface area contributed by atoms with Crippen molar-refractivity contribution in [3.05, 3.63) is 52.8 Å². The number of piperidine rings is 1. The molecule has 0 aliphatic carbocycles. The van der Waals surface area contributed by atoms with Crippen LogP contribution in [-0.2, 0) is 6.54 Å². The molecule has 2 aromatic heterocycles. The van der Waals surface area contributed by atoms with Gasteiger partial charge in [-0.2, -0.15) is 0 Å². The number of rotatable bonds is 4. The van der Waals surface area contributed by atoms with E-state index in [9.17, 15) is 4.79 Å². The Bertz CT molecular complexity index is 895. The fourth-order valence-electron chi connectivity index (χ4n) is 3.28. The average Bonchev–Trinajstić information content (AvgIpc) is 3.33. The first-order valence-electron chi connectivity index (χ1n) is 8.54. The van der Waals surface area contributed by atoms with Gasteiger partial charge in [-0.25, -0.2) is 4.98 Å². The summed E-state index contributed by atoms with van der Waals surface area (Å²) >= 11 is 7.52. The van der Waals surface area contributed by atoms with Gasteiger partial charge in [0.15, 0.2) is 0 Å². The fourth-order valence-corrected chi connectivity index (χ4v) is 4.26. The van der Waals surface area contributed by atoms with Gasteiger partial charge in [-0.15, -0.1) is 16.4 Å². The highest BCUT2D eigenvalue weighted by Crippen LogP contribution is 2.27. The molecule has 1 atom stereocenters. The summed E-state index contributed by atoms with van der Waals surface area (Å²) in [6.07, 6.45) is 5.63. The number of hydrogen-bond donors (Lipinski definition) is 0. The summed E-state index contributed by atoms with van der Waals surface area (Å²) in [5, 5.41) is 11.2. The molecule has 1 aliphatic rings. The molecule has 26 heavy (non-hydrogen) atoms. The lowest BCUT2D eigenvalue weighted by atomic mass is 9.98. The summed E-state index contributed by atoms with van der Waals surface area (Å²) in [6, 6.07) is 7.53. The highest BCUT2D eigenvalue weighted by Gasteiger charge is 2.26. The number of carbonyl (C=O) groups excluding carboxylic acids is 1. The summed E-state index contributed by atoms with van der Waals surface area (Å²) in [6.45, 7) is 2.29. The van der Waals surface area contributed by atoms with Gasteiger partial charge in [0.2, 0.25) is 0 Å². The molecule has 1 aromatic carbocycles. The molecule has 6 nitrogen and oxygen atoms in total. The van der Waals surface area contributed by atoms with Crippen LogP contribution < -0.4 is 0 Å². The third-order valence-corrected chi connectivity index (χ3v) is 5.64. The lowest BCUT2D eigenvalue weighted by molar-refractivity contribution is 0.0654. The van der Waals surface area contributed by atoms with E-state index in [1.807, 2.05) is 45.4 Å². The molecule has 0 bridgehead atoms. The van der Waals surface area contributed by atoms with Crippen molar-refractivity contribution < 1.29 is 4.79 Å². The van der Waals surface area contributed by atoms with Crippen molar-refractivity contribution in [2.24, 2.45) is 5.92 Å². The predicted molar refractivity (Wildman–Crippen MR) is 101 cm³/mol. The first-order valence-corrected chi connectivity index (χ1v) is 9.79. The second-order valence-corrected chi connectivity index (χ2v) is 7.73. The van der Waals surface area contributed by atoms with Crippen LogP contribution in [0.4, 0.5) is 0 Å². The molecular weight excluding hydrogens is 370 g/mol. The minimum atomic E-state index is -0.00202. The SMILES string of the molecule is O=C(c1csc(-c2cccc(Cl)c2)n1)N1CCCC(Cn2ccnn2)C1. The van der Waals surface area contributed by atoms with Gasteiger partial charge in [-0.1, -0.05) is 28.9 Å². The van der Waals surface area contributed by atoms with Gasteiger partial charge in [0, 0.05) is 41.8 Å². The number of aromatic nitrogens is 4. The number of nitrogens with zero attached hydrogens (tertiary/aromatic N) is 5. The van der Waals surface area contributed by atoms with Crippen LogP contribution in [0.3, 0.4) is 0 Å². The minimum Gasteiger partial charge on any atom is -0.337 e. The Morgan fingerprint density at radius 3 is 3.12 bits per heavy atom. The predicted octanol–water partition coefficient (Wildman–Crippen LogP) is 3.61. The number of likely N-dealkylation sites (tertiary alicyclic amines) is 1. The van der Waals surface area contributed by atoms with Crippen molar-refractivity contribution >= 4 is 28.8 Å². The van der Waals surface area contributed by atoms with E-state index in [-0.39, 0.29) is 5.91 Å². The van der Waals surface area contributed by atoms with Crippen molar-refractivity contribution in [1.82, 2.24) is 24.9 Å². The molecule has 8 heteroatoms. The smallest absolute Gasteiger partial charge is 0.273 e. The number of amides is 1. The maximum atomic E-state index is 12.9. The van der Waals surface area contributed by atoms with Crippen LogP contribution in [0.1, 0.15) is 23.3 Å². The van der Waals surface area contributed by atoms with Crippen molar-refractivity contribution in [2.45, 2.75) is 19.4 Å². The third kappa shape index (κ3) is 3.78. The maximum absolute atomic E-state index is 12.9. The Morgan fingerprint density at radius 1 is 1.38 bits per heavy atom. The van der Waals surface area contributed by atoms with Crippen molar-refractivity contribution in [2.75, 3.05) is 13.1 Å². The third-order valence-electron chi connectivity index (χ3n) is 4.52. The molecule has 4 rings (SSSR count). The maximum Gasteiger partial charge on any atom is 0.273 e. The van der Waals surface area contributed by atoms with Crippen LogP contribution in [0.5, 0.6) is 0 Å². The standard InChI is InChI=1S/C18H18ClN5OS/c19-15-5-1-4-14(9-15)17-21-16(12-26-17)18(25)23-7-2-3-13(10-23)11-24-8-6-20-22-24/h1,4-6,8-9,12-13H,2-3,7,10-11H2. The summed E-state index contributed by atoms with van der Waals surface area (Å²) in [7, 11) is 0. The molecule has 1 aliphatic heterocycles. The molecule has 0 spiro atoms. The average molecular weight is 388 g/mol. The van der Waals surface area contributed by atoms with E-state index in [2.05, 4.69) is 15.3 Å². The van der Waals surface area contributed by atoms with E-state index in [1.165, 1.54) is 11.3 Å². The number of carbonyl (C=O) groups is 1. The molecule has 3 heterocycles. The van der Waals surface area contributed by atoms with E-state index in [0.29, 0.717) is 16.6 Å². The Labute approximate surface area is 160 Å². The van der Waals surface area contributed by atoms with Gasteiger partial charge in [0.05, 0.1) is 6.20 Å². The molecule has 0 N–H and O–H groups in total. The van der Waals surface area contributed by atoms with E-state index in [1.54, 1.807) is 6.20 Å². The number of hydrogen-bond acceptors (Lipinski definition) is 5. The molecule has 134 valence electrons. The molecule has 1 fully saturated rings. The highest BCUT2D eigenvalue weighted by molar-refractivity contribution is 7.13. The van der Waals surface area contributed by atoms with Crippen molar-refractivity contribution in [3.8, 4) is 10.6 Å². The zero-order chi connectivity index (χ0) is 17.9. The highest BCUT2D eigenvalue weighted by atomic mass is 35.5. The van der Waals surface area contributed by atoms with Gasteiger partial charge < -0.3 is 4.90 Å². The van der Waals surface area contributed by atoms with E-state index < -0.39 is 0 Å². The topological polar surface area (TPSA) is 63.9 Å². The second-order valence-electron chi connectivity index (χ2n) is 6.43. The van der Waals surface area contributed by atoms with Crippen LogP contribution >= 0.6 is 22.9 Å². The van der Waals surface area contributed by atoms with E-state index in [0.717, 1.165) is 43.0 Å². The molecule has 0 saturated carbocycles. The Hall–Kier alpha value is -2.25. The van der Waals surface area contributed by atoms with Gasteiger partial charge in [0.25, 0.3) is 5.91 Å². The molecule has 0 radical (unpaired) electrons. The quantitative estimate of drug-likeness (QED) is 0.686.